The summed E-state index contributed by atoms with van der Waals surface area (Å²) < 4.78 is 0. The minimum Gasteiger partial charge on any atom is -0.480 e. The Morgan fingerprint density at radius 3 is 2.35 bits per heavy atom. The van der Waals surface area contributed by atoms with Crippen molar-refractivity contribution in [3.8, 4) is 0 Å². The summed E-state index contributed by atoms with van der Waals surface area (Å²) in [5, 5.41) is 17.7. The Kier molecular flexibility index (Phi) is 5.39. The molecule has 0 saturated heterocycles. The van der Waals surface area contributed by atoms with Gasteiger partial charge >= 0.3 is 5.97 Å². The van der Waals surface area contributed by atoms with Crippen LogP contribution in [0.25, 0.3) is 0 Å². The maximum absolute atomic E-state index is 10.7. The van der Waals surface area contributed by atoms with Gasteiger partial charge in [0.2, 0.25) is 0 Å². The maximum Gasteiger partial charge on any atom is 0.317 e. The molecule has 0 saturated carbocycles. The Morgan fingerprint density at radius 2 is 1.88 bits per heavy atom. The van der Waals surface area contributed by atoms with Crippen LogP contribution in [0.1, 0.15) is 11.1 Å². The number of carboxylic acids is 1. The highest BCUT2D eigenvalue weighted by molar-refractivity contribution is 5.69. The lowest BCUT2D eigenvalue weighted by Crippen LogP contribution is -2.29. The quantitative estimate of drug-likeness (QED) is 0.698. The van der Waals surface area contributed by atoms with E-state index in [0.29, 0.717) is 13.1 Å². The van der Waals surface area contributed by atoms with E-state index in [1.165, 1.54) is 0 Å². The highest BCUT2D eigenvalue weighted by Crippen LogP contribution is 2.07. The van der Waals surface area contributed by atoms with E-state index in [0.717, 1.165) is 11.1 Å². The molecule has 0 fully saturated rings. The molecule has 0 spiro atoms. The molecule has 0 aromatic heterocycles. The van der Waals surface area contributed by atoms with Gasteiger partial charge in [0.05, 0.1) is 13.2 Å². The Balaban J connectivity index is 2.64. The number of aliphatic hydroxyl groups excluding tert-OH is 1. The van der Waals surface area contributed by atoms with Gasteiger partial charge in [-0.15, -0.1) is 6.58 Å². The summed E-state index contributed by atoms with van der Waals surface area (Å²) in [5.74, 6) is -0.848. The van der Waals surface area contributed by atoms with E-state index in [1.54, 1.807) is 11.0 Å². The molecule has 0 aliphatic heterocycles. The van der Waals surface area contributed by atoms with Crippen molar-refractivity contribution in [1.29, 1.82) is 0 Å². The second-order valence-corrected chi connectivity index (χ2v) is 3.83. The van der Waals surface area contributed by atoms with Gasteiger partial charge in [0, 0.05) is 13.1 Å². The number of hydrogen-bond acceptors (Lipinski definition) is 3. The number of carboxylic acid groups (broad SMARTS) is 1. The number of nitrogens with zero attached hydrogens (tertiary/aromatic N) is 1. The predicted octanol–water partition coefficient (Wildman–Crippen LogP) is 1.25. The van der Waals surface area contributed by atoms with E-state index in [4.69, 9.17) is 10.2 Å². The summed E-state index contributed by atoms with van der Waals surface area (Å²) in [6, 6.07) is 7.46. The molecule has 0 amide bonds. The molecule has 0 unspecified atom stereocenters. The van der Waals surface area contributed by atoms with E-state index >= 15 is 0 Å². The van der Waals surface area contributed by atoms with Gasteiger partial charge in [-0.2, -0.15) is 0 Å². The van der Waals surface area contributed by atoms with E-state index in [-0.39, 0.29) is 13.2 Å². The van der Waals surface area contributed by atoms with Gasteiger partial charge in [-0.3, -0.25) is 9.69 Å². The first-order chi connectivity index (χ1) is 8.15. The number of aliphatic carboxylic acids is 1. The predicted molar refractivity (Wildman–Crippen MR) is 65.5 cm³/mol. The fraction of sp³-hybridized carbons (Fsp3) is 0.308. The monoisotopic (exact) mass is 235 g/mol. The second-order valence-electron chi connectivity index (χ2n) is 3.83. The van der Waals surface area contributed by atoms with Gasteiger partial charge in [-0.1, -0.05) is 30.3 Å². The van der Waals surface area contributed by atoms with E-state index < -0.39 is 5.97 Å². The minimum atomic E-state index is -0.848. The van der Waals surface area contributed by atoms with Crippen LogP contribution >= 0.6 is 0 Å². The summed E-state index contributed by atoms with van der Waals surface area (Å²) in [7, 11) is 0. The van der Waals surface area contributed by atoms with Gasteiger partial charge in [0.25, 0.3) is 0 Å². The molecule has 1 aromatic carbocycles. The first-order valence-electron chi connectivity index (χ1n) is 5.39. The first kappa shape index (κ1) is 13.4. The fourth-order valence-corrected chi connectivity index (χ4v) is 1.57. The summed E-state index contributed by atoms with van der Waals surface area (Å²) in [4.78, 5) is 12.4. The summed E-state index contributed by atoms with van der Waals surface area (Å²) >= 11 is 0. The molecule has 0 radical (unpaired) electrons. The van der Waals surface area contributed by atoms with Crippen LogP contribution in [0.2, 0.25) is 0 Å². The fourth-order valence-electron chi connectivity index (χ4n) is 1.57. The lowest BCUT2D eigenvalue weighted by atomic mass is 10.1. The highest BCUT2D eigenvalue weighted by Gasteiger charge is 2.08. The highest BCUT2D eigenvalue weighted by atomic mass is 16.4. The third kappa shape index (κ3) is 4.80. The standard InChI is InChI=1S/C13H17NO3/c1-2-7-14(9-13(16)17)8-11-3-5-12(10-15)6-4-11/h2-6,15H,1,7-10H2,(H,16,17). The molecule has 0 atom stereocenters. The van der Waals surface area contributed by atoms with Crippen molar-refractivity contribution in [2.75, 3.05) is 13.1 Å². The number of aliphatic hydroxyl groups is 1. The van der Waals surface area contributed by atoms with Gasteiger partial charge < -0.3 is 10.2 Å². The van der Waals surface area contributed by atoms with Crippen LogP contribution in [-0.2, 0) is 17.9 Å². The Hall–Kier alpha value is -1.65. The van der Waals surface area contributed by atoms with E-state index in [1.807, 2.05) is 24.3 Å². The van der Waals surface area contributed by atoms with Crippen LogP contribution in [0.5, 0.6) is 0 Å². The minimum absolute atomic E-state index is 0.00618. The number of carbonyl (C=O) groups is 1. The van der Waals surface area contributed by atoms with E-state index in [2.05, 4.69) is 6.58 Å². The van der Waals surface area contributed by atoms with Gasteiger partial charge in [-0.05, 0) is 11.1 Å². The van der Waals surface area contributed by atoms with Gasteiger partial charge in [0.1, 0.15) is 0 Å². The lowest BCUT2D eigenvalue weighted by molar-refractivity contribution is -0.138. The summed E-state index contributed by atoms with van der Waals surface area (Å²) in [6.07, 6.45) is 1.69. The summed E-state index contributed by atoms with van der Waals surface area (Å²) in [5.41, 5.74) is 1.87. The van der Waals surface area contributed by atoms with Crippen molar-refractivity contribution < 1.29 is 15.0 Å². The molecule has 92 valence electrons. The lowest BCUT2D eigenvalue weighted by Gasteiger charge is -2.18. The molecule has 0 bridgehead atoms. The van der Waals surface area contributed by atoms with Crippen LogP contribution in [0.4, 0.5) is 0 Å². The molecule has 1 aromatic rings. The maximum atomic E-state index is 10.7. The molecule has 0 aliphatic carbocycles. The van der Waals surface area contributed by atoms with Crippen LogP contribution in [-0.4, -0.2) is 34.2 Å². The Labute approximate surface area is 101 Å². The third-order valence-corrected chi connectivity index (χ3v) is 2.36. The molecular weight excluding hydrogens is 218 g/mol. The molecular formula is C13H17NO3. The topological polar surface area (TPSA) is 60.8 Å². The number of rotatable bonds is 7. The average Bonchev–Trinajstić information content (AvgIpc) is 2.29. The zero-order valence-electron chi connectivity index (χ0n) is 9.67. The van der Waals surface area contributed by atoms with Crippen LogP contribution in [0.15, 0.2) is 36.9 Å². The number of hydrogen-bond donors (Lipinski definition) is 2. The van der Waals surface area contributed by atoms with Gasteiger partial charge in [0.15, 0.2) is 0 Å². The van der Waals surface area contributed by atoms with Crippen LogP contribution in [0, 0.1) is 0 Å². The van der Waals surface area contributed by atoms with Crippen molar-refractivity contribution in [3.05, 3.63) is 48.0 Å². The normalized spacial score (nSPS) is 10.5. The van der Waals surface area contributed by atoms with E-state index in [9.17, 15) is 4.79 Å². The summed E-state index contributed by atoms with van der Waals surface area (Å²) in [6.45, 7) is 4.72. The van der Waals surface area contributed by atoms with Crippen LogP contribution < -0.4 is 0 Å². The van der Waals surface area contributed by atoms with Crippen LogP contribution in [0.3, 0.4) is 0 Å². The molecule has 0 heterocycles. The SMILES string of the molecule is C=CCN(CC(=O)O)Cc1ccc(CO)cc1. The van der Waals surface area contributed by atoms with Crippen molar-refractivity contribution in [2.45, 2.75) is 13.2 Å². The van der Waals surface area contributed by atoms with Crippen molar-refractivity contribution in [3.63, 3.8) is 0 Å². The Morgan fingerprint density at radius 1 is 1.29 bits per heavy atom. The largest absolute Gasteiger partial charge is 0.480 e. The molecule has 2 N–H and O–H groups in total. The van der Waals surface area contributed by atoms with Crippen molar-refractivity contribution >= 4 is 5.97 Å². The van der Waals surface area contributed by atoms with Gasteiger partial charge in [-0.25, -0.2) is 0 Å². The van der Waals surface area contributed by atoms with Crippen molar-refractivity contribution in [2.24, 2.45) is 0 Å². The Bertz CT molecular complexity index is 373. The molecule has 4 heteroatoms. The second kappa shape index (κ2) is 6.83. The smallest absolute Gasteiger partial charge is 0.317 e. The zero-order chi connectivity index (χ0) is 12.7. The third-order valence-electron chi connectivity index (χ3n) is 2.36. The molecule has 17 heavy (non-hydrogen) atoms. The first-order valence-corrected chi connectivity index (χ1v) is 5.39. The van der Waals surface area contributed by atoms with Crippen molar-refractivity contribution in [1.82, 2.24) is 4.90 Å². The molecule has 1 rings (SSSR count). The molecule has 0 aliphatic rings. The molecule has 4 nitrogen and oxygen atoms in total. The zero-order valence-corrected chi connectivity index (χ0v) is 9.67. The number of benzene rings is 1. The average molecular weight is 235 g/mol.